The molecule has 8 N–H and O–H groups in total. The van der Waals surface area contributed by atoms with Gasteiger partial charge in [-0.25, -0.2) is 9.59 Å². The van der Waals surface area contributed by atoms with Crippen molar-refractivity contribution < 1.29 is 78.3 Å². The molecule has 19 heteroatoms. The molecule has 0 heterocycles. The summed E-state index contributed by atoms with van der Waals surface area (Å²) in [7, 11) is 0. The van der Waals surface area contributed by atoms with Gasteiger partial charge in [0.25, 0.3) is 0 Å². The Kier molecular flexibility index (Phi) is 24.8. The highest BCUT2D eigenvalue weighted by molar-refractivity contribution is 5.89. The smallest absolute Gasteiger partial charge is 0.326 e. The number of amides is 3. The average molecular weight is 786 g/mol. The second kappa shape index (κ2) is 27.4. The molecule has 0 aromatic rings. The summed E-state index contributed by atoms with van der Waals surface area (Å²) in [6.07, 6.45) is -1.82. The Bertz CT molecular complexity index is 1380. The van der Waals surface area contributed by atoms with Crippen LogP contribution >= 0.6 is 0 Å². The van der Waals surface area contributed by atoms with Crippen molar-refractivity contribution in [2.75, 3.05) is 6.54 Å². The molecule has 5 atom stereocenters. The molecule has 55 heavy (non-hydrogen) atoms. The third-order valence-electron chi connectivity index (χ3n) is 8.94. The van der Waals surface area contributed by atoms with Crippen molar-refractivity contribution in [3.05, 3.63) is 0 Å². The van der Waals surface area contributed by atoms with Crippen LogP contribution in [0.2, 0.25) is 0 Å². The maximum atomic E-state index is 12.6. The highest BCUT2D eigenvalue weighted by Crippen LogP contribution is 2.18. The first-order chi connectivity index (χ1) is 25.8. The lowest BCUT2D eigenvalue weighted by Crippen LogP contribution is -2.42. The highest BCUT2D eigenvalue weighted by atomic mass is 16.4. The van der Waals surface area contributed by atoms with E-state index in [4.69, 9.17) is 5.11 Å². The lowest BCUT2D eigenvalue weighted by atomic mass is 9.93. The van der Waals surface area contributed by atoms with Gasteiger partial charge in [-0.05, 0) is 44.9 Å². The van der Waals surface area contributed by atoms with E-state index in [1.165, 1.54) is 0 Å². The van der Waals surface area contributed by atoms with Crippen LogP contribution in [0.1, 0.15) is 123 Å². The molecule has 0 bridgehead atoms. The van der Waals surface area contributed by atoms with E-state index in [9.17, 15) is 73.2 Å². The van der Waals surface area contributed by atoms with Gasteiger partial charge in [0.15, 0.2) is 0 Å². The van der Waals surface area contributed by atoms with Crippen LogP contribution in [0.25, 0.3) is 0 Å². The second-order valence-corrected chi connectivity index (χ2v) is 13.3. The fraction of sp³-hybridized carbons (Fsp3) is 0.694. The fourth-order valence-electron chi connectivity index (χ4n) is 5.58. The van der Waals surface area contributed by atoms with E-state index in [0.717, 1.165) is 12.8 Å². The van der Waals surface area contributed by atoms with Crippen LogP contribution in [-0.2, 0) is 52.7 Å². The maximum Gasteiger partial charge on any atom is 0.326 e. The van der Waals surface area contributed by atoms with Crippen LogP contribution in [0.4, 0.5) is 0 Å². The zero-order valence-electron chi connectivity index (χ0n) is 31.3. The Balaban J connectivity index is 4.85. The highest BCUT2D eigenvalue weighted by Gasteiger charge is 2.28. The molecule has 0 aliphatic heterocycles. The van der Waals surface area contributed by atoms with E-state index < -0.39 is 134 Å². The summed E-state index contributed by atoms with van der Waals surface area (Å²) in [6, 6.07) is -3.05. The van der Waals surface area contributed by atoms with Crippen molar-refractivity contribution >= 4 is 64.9 Å². The van der Waals surface area contributed by atoms with E-state index in [2.05, 4.69) is 16.0 Å². The number of rotatable bonds is 33. The first kappa shape index (κ1) is 49.8. The third-order valence-corrected chi connectivity index (χ3v) is 8.94. The minimum Gasteiger partial charge on any atom is -0.481 e. The Labute approximate surface area is 318 Å². The minimum atomic E-state index is -1.60. The molecule has 0 radical (unpaired) electrons. The van der Waals surface area contributed by atoms with Gasteiger partial charge >= 0.3 is 29.8 Å². The van der Waals surface area contributed by atoms with Gasteiger partial charge < -0.3 is 41.5 Å². The second-order valence-electron chi connectivity index (χ2n) is 13.3. The number of hydrogen-bond donors (Lipinski definition) is 8. The van der Waals surface area contributed by atoms with E-state index in [0.29, 0.717) is 25.8 Å². The number of Topliss-reactive ketones (excluding diaryl/α,β-unsaturated/α-hetero) is 3. The molecular weight excluding hydrogens is 730 g/mol. The van der Waals surface area contributed by atoms with Crippen LogP contribution in [0.15, 0.2) is 0 Å². The molecule has 0 aliphatic rings. The number of aliphatic carboxylic acids is 5. The van der Waals surface area contributed by atoms with Gasteiger partial charge in [0.05, 0.1) is 18.3 Å². The normalized spacial score (nSPS) is 13.6. The van der Waals surface area contributed by atoms with Crippen LogP contribution in [0.3, 0.4) is 0 Å². The number of carboxylic acid groups (broad SMARTS) is 5. The summed E-state index contributed by atoms with van der Waals surface area (Å²) in [6.45, 7) is 4.08. The molecule has 0 saturated heterocycles. The van der Waals surface area contributed by atoms with E-state index in [-0.39, 0.29) is 37.4 Å². The molecule has 19 nitrogen and oxygen atoms in total. The topological polar surface area (TPSA) is 325 Å². The summed E-state index contributed by atoms with van der Waals surface area (Å²) in [5, 5.41) is 53.7. The summed E-state index contributed by atoms with van der Waals surface area (Å²) < 4.78 is 0. The number of unbranched alkanes of at least 4 members (excludes halogenated alkanes) is 1. The first-order valence-electron chi connectivity index (χ1n) is 18.3. The maximum absolute atomic E-state index is 12.6. The molecule has 0 spiro atoms. The monoisotopic (exact) mass is 785 g/mol. The molecule has 3 amide bonds. The van der Waals surface area contributed by atoms with Crippen LogP contribution < -0.4 is 16.0 Å². The molecule has 0 aliphatic carbocycles. The molecule has 310 valence electrons. The van der Waals surface area contributed by atoms with Gasteiger partial charge in [-0.3, -0.25) is 43.2 Å². The van der Waals surface area contributed by atoms with Crippen molar-refractivity contribution in [2.45, 2.75) is 135 Å². The van der Waals surface area contributed by atoms with Crippen LogP contribution in [0.5, 0.6) is 0 Å². The first-order valence-corrected chi connectivity index (χ1v) is 18.3. The molecule has 0 fully saturated rings. The molecule has 0 aromatic heterocycles. The molecule has 0 aromatic carbocycles. The van der Waals surface area contributed by atoms with Gasteiger partial charge in [-0.15, -0.1) is 0 Å². The Morgan fingerprint density at radius 1 is 0.473 bits per heavy atom. The number of carbonyl (C=O) groups is 11. The summed E-state index contributed by atoms with van der Waals surface area (Å²) in [5.74, 6) is -13.0. The standard InChI is InChI=1S/C36H55N3O16/c1-3-21(28(42)4-2)7-5-6-18-37-29(43)16-13-27(36(54)55)39-31(45)15-8-22(33(48)49)19-24(40)10-12-26(35(52)53)38-30(44)14-9-23(34(50)51)20-25(41)11-17-32(46)47/h21-23,26-27H,3-20H2,1-2H3,(H,37,43)(H,38,44)(H,39,45)(H,46,47)(H,48,49)(H,50,51)(H,52,53)(H,54,55)/t21-,22+,23+,26-,27-/m0/s1. The Morgan fingerprint density at radius 2 is 0.927 bits per heavy atom. The van der Waals surface area contributed by atoms with Gasteiger partial charge in [0, 0.05) is 63.8 Å². The van der Waals surface area contributed by atoms with E-state index in [1.807, 2.05) is 13.8 Å². The summed E-state index contributed by atoms with van der Waals surface area (Å²) >= 11 is 0. The number of carbonyl (C=O) groups excluding carboxylic acids is 6. The number of ketones is 3. The number of hydrogen-bond acceptors (Lipinski definition) is 11. The van der Waals surface area contributed by atoms with Crippen LogP contribution in [0, 0.1) is 17.8 Å². The fourth-order valence-corrected chi connectivity index (χ4v) is 5.58. The Morgan fingerprint density at radius 3 is 1.35 bits per heavy atom. The summed E-state index contributed by atoms with van der Waals surface area (Å²) in [5.41, 5.74) is 0. The zero-order valence-corrected chi connectivity index (χ0v) is 31.3. The third kappa shape index (κ3) is 23.2. The number of nitrogens with one attached hydrogen (secondary N) is 3. The van der Waals surface area contributed by atoms with Crippen molar-refractivity contribution in [1.82, 2.24) is 16.0 Å². The van der Waals surface area contributed by atoms with E-state index >= 15 is 0 Å². The minimum absolute atomic E-state index is 0.0153. The molecule has 0 saturated carbocycles. The molecular formula is C36H55N3O16. The SMILES string of the molecule is CCC(=O)[C@@H](CC)CCCCNC(=O)CC[C@H](NC(=O)CC[C@H](CC(=O)CC[C@H](NC(=O)CC[C@H](CC(=O)CCC(=O)O)C(=O)O)C(=O)O)C(=O)O)C(=O)O. The molecule has 0 unspecified atom stereocenters. The van der Waals surface area contributed by atoms with Crippen molar-refractivity contribution in [3.8, 4) is 0 Å². The lowest BCUT2D eigenvalue weighted by Gasteiger charge is -2.17. The van der Waals surface area contributed by atoms with Gasteiger partial charge in [-0.2, -0.15) is 0 Å². The van der Waals surface area contributed by atoms with Crippen molar-refractivity contribution in [3.63, 3.8) is 0 Å². The van der Waals surface area contributed by atoms with Crippen LogP contribution in [-0.4, -0.2) is 109 Å². The summed E-state index contributed by atoms with van der Waals surface area (Å²) in [4.78, 5) is 131. The zero-order chi connectivity index (χ0) is 42.1. The largest absolute Gasteiger partial charge is 0.481 e. The lowest BCUT2D eigenvalue weighted by molar-refractivity contribution is -0.145. The quantitative estimate of drug-likeness (QED) is 0.0439. The average Bonchev–Trinajstić information content (AvgIpc) is 3.11. The van der Waals surface area contributed by atoms with Gasteiger partial charge in [-0.1, -0.05) is 20.3 Å². The van der Waals surface area contributed by atoms with Crippen molar-refractivity contribution in [1.29, 1.82) is 0 Å². The Hall–Kier alpha value is -5.23. The van der Waals surface area contributed by atoms with Gasteiger partial charge in [0.2, 0.25) is 17.7 Å². The van der Waals surface area contributed by atoms with Crippen molar-refractivity contribution in [2.24, 2.45) is 17.8 Å². The molecule has 0 rings (SSSR count). The predicted molar refractivity (Wildman–Crippen MR) is 190 cm³/mol. The predicted octanol–water partition coefficient (Wildman–Crippen LogP) is 1.72. The van der Waals surface area contributed by atoms with E-state index in [1.54, 1.807) is 0 Å². The van der Waals surface area contributed by atoms with Gasteiger partial charge in [0.1, 0.15) is 29.4 Å². The number of carboxylic acids is 5.